The third-order valence-electron chi connectivity index (χ3n) is 8.21. The van der Waals surface area contributed by atoms with E-state index in [4.69, 9.17) is 42.8 Å². The van der Waals surface area contributed by atoms with Crippen LogP contribution in [-0.4, -0.2) is 61.3 Å². The molecule has 4 aromatic carbocycles. The largest absolute Gasteiger partial charge is 0.494 e. The van der Waals surface area contributed by atoms with Gasteiger partial charge in [0.2, 0.25) is 5.90 Å². The second-order valence-corrected chi connectivity index (χ2v) is 14.2. The monoisotopic (exact) mass is 678 g/mol. The molecule has 238 valence electrons. The fourth-order valence-electron chi connectivity index (χ4n) is 5.84. The van der Waals surface area contributed by atoms with E-state index in [9.17, 15) is 13.2 Å². The molecule has 11 heteroatoms. The first-order valence-electron chi connectivity index (χ1n) is 14.9. The Hall–Kier alpha value is -3.89. The summed E-state index contributed by atoms with van der Waals surface area (Å²) >= 11 is 13.0. The number of sulfone groups is 1. The number of benzene rings is 4. The summed E-state index contributed by atoms with van der Waals surface area (Å²) in [5.74, 6) is 0.250. The molecule has 2 heterocycles. The van der Waals surface area contributed by atoms with Crippen LogP contribution in [-0.2, 0) is 32.3 Å². The molecule has 0 saturated carbocycles. The number of rotatable bonds is 10. The summed E-state index contributed by atoms with van der Waals surface area (Å²) in [5.41, 5.74) is 1.48. The fraction of sp³-hybridized carbons (Fsp3) is 0.257. The second-order valence-electron chi connectivity index (χ2n) is 11.3. The maximum absolute atomic E-state index is 14.9. The van der Waals surface area contributed by atoms with Crippen LogP contribution < -0.4 is 4.74 Å². The van der Waals surface area contributed by atoms with Gasteiger partial charge in [-0.15, -0.1) is 0 Å². The summed E-state index contributed by atoms with van der Waals surface area (Å²) in [6, 6.07) is 28.1. The van der Waals surface area contributed by atoms with Gasteiger partial charge in [0.05, 0.1) is 17.3 Å². The van der Waals surface area contributed by atoms with E-state index in [1.54, 1.807) is 77.7 Å². The van der Waals surface area contributed by atoms with Gasteiger partial charge in [-0.05, 0) is 59.7 Å². The van der Waals surface area contributed by atoms with Crippen molar-refractivity contribution in [3.05, 3.63) is 129 Å². The van der Waals surface area contributed by atoms with Gasteiger partial charge >= 0.3 is 0 Å². The summed E-state index contributed by atoms with van der Waals surface area (Å²) in [6.07, 6.45) is -0.213. The Morgan fingerprint density at radius 3 is 2.39 bits per heavy atom. The molecule has 46 heavy (non-hydrogen) atoms. The van der Waals surface area contributed by atoms with Gasteiger partial charge in [-0.3, -0.25) is 4.79 Å². The molecule has 2 aliphatic heterocycles. The molecule has 4 aromatic rings. The van der Waals surface area contributed by atoms with Gasteiger partial charge in [-0.1, -0.05) is 71.7 Å². The van der Waals surface area contributed by atoms with E-state index in [1.165, 1.54) is 0 Å². The highest BCUT2D eigenvalue weighted by Gasteiger charge is 2.56. The Balaban J connectivity index is 1.42. The molecule has 0 saturated heterocycles. The van der Waals surface area contributed by atoms with Crippen molar-refractivity contribution in [1.29, 1.82) is 0 Å². The third-order valence-corrected chi connectivity index (χ3v) is 10.5. The van der Waals surface area contributed by atoms with E-state index in [2.05, 4.69) is 0 Å². The molecule has 2 aliphatic rings. The lowest BCUT2D eigenvalue weighted by atomic mass is 9.82. The number of carbonyl (C=O) groups is 1. The summed E-state index contributed by atoms with van der Waals surface area (Å²) in [6.45, 7) is 0.577. The van der Waals surface area contributed by atoms with Crippen molar-refractivity contribution in [1.82, 2.24) is 4.90 Å². The smallest absolute Gasteiger partial charge is 0.255 e. The van der Waals surface area contributed by atoms with Crippen molar-refractivity contribution in [2.75, 3.05) is 25.5 Å². The number of carbonyl (C=O) groups excluding carboxylic acids is 1. The van der Waals surface area contributed by atoms with E-state index in [1.807, 2.05) is 24.3 Å². The molecule has 0 unspecified atom stereocenters. The number of aliphatic imine (C=N–C) groups is 1. The van der Waals surface area contributed by atoms with Crippen molar-refractivity contribution in [3.63, 3.8) is 0 Å². The molecule has 1 amide bonds. The predicted octanol–water partition coefficient (Wildman–Crippen LogP) is 6.07. The number of hydrogen-bond donors (Lipinski definition) is 1. The maximum atomic E-state index is 14.9. The van der Waals surface area contributed by atoms with E-state index < -0.39 is 21.5 Å². The summed E-state index contributed by atoms with van der Waals surface area (Å²) < 4.78 is 38.8. The van der Waals surface area contributed by atoms with E-state index in [0.29, 0.717) is 39.9 Å². The lowest BCUT2D eigenvalue weighted by Crippen LogP contribution is -2.51. The zero-order chi connectivity index (χ0) is 32.3. The van der Waals surface area contributed by atoms with Crippen LogP contribution in [0.25, 0.3) is 0 Å². The Morgan fingerprint density at radius 1 is 0.957 bits per heavy atom. The van der Waals surface area contributed by atoms with Crippen molar-refractivity contribution in [2.24, 2.45) is 4.99 Å². The van der Waals surface area contributed by atoms with Gasteiger partial charge < -0.3 is 19.5 Å². The quantitative estimate of drug-likeness (QED) is 0.204. The maximum Gasteiger partial charge on any atom is 0.255 e. The summed E-state index contributed by atoms with van der Waals surface area (Å²) in [7, 11) is -3.67. The molecule has 2 atom stereocenters. The summed E-state index contributed by atoms with van der Waals surface area (Å²) in [5, 5.41) is 9.82. The van der Waals surface area contributed by atoms with Gasteiger partial charge in [-0.2, -0.15) is 0 Å². The molecule has 1 spiro atoms. The second kappa shape index (κ2) is 13.5. The van der Waals surface area contributed by atoms with Crippen LogP contribution in [0.5, 0.6) is 5.75 Å². The van der Waals surface area contributed by atoms with Gasteiger partial charge in [0.1, 0.15) is 5.75 Å². The minimum absolute atomic E-state index is 0.0336. The number of ether oxygens (including phenoxy) is 2. The van der Waals surface area contributed by atoms with Crippen LogP contribution in [0.15, 0.2) is 107 Å². The molecule has 0 fully saturated rings. The number of fused-ring (bicyclic) bond motifs is 1. The van der Waals surface area contributed by atoms with Crippen molar-refractivity contribution in [2.45, 2.75) is 35.9 Å². The topological polar surface area (TPSA) is 106 Å². The van der Waals surface area contributed by atoms with Crippen molar-refractivity contribution >= 4 is 44.8 Å². The first-order valence-corrected chi connectivity index (χ1v) is 17.3. The molecule has 0 aromatic heterocycles. The molecular weight excluding hydrogens is 647 g/mol. The van der Waals surface area contributed by atoms with Crippen LogP contribution in [0.1, 0.15) is 34.8 Å². The average molecular weight is 680 g/mol. The number of amides is 1. The van der Waals surface area contributed by atoms with Gasteiger partial charge in [0.25, 0.3) is 5.91 Å². The molecule has 1 N–H and O–H groups in total. The molecule has 6 rings (SSSR count). The van der Waals surface area contributed by atoms with E-state index >= 15 is 0 Å². The SMILES string of the molecule is O=C1N(CCS(=O)(=O)c2ccccc2)Cc2ccccc2C[C@@]12N=C(c1ccc(OCCCO)cc1)O[C@H]2c1ccc(Cl)cc1Cl. The zero-order valence-electron chi connectivity index (χ0n) is 24.8. The van der Waals surface area contributed by atoms with Gasteiger partial charge in [-0.25, -0.2) is 13.4 Å². The molecule has 8 nitrogen and oxygen atoms in total. The number of aliphatic hydroxyl groups excluding tert-OH is 1. The standard InChI is InChI=1S/C35H32Cl2N2O6S/c36-27-13-16-30(31(37)21-27)32-35(38-33(45-32)24-11-14-28(15-12-24)44-19-6-18-40)22-25-7-4-5-8-26(25)23-39(34(35)41)17-20-46(42,43)29-9-2-1-3-10-29/h1-5,7-16,21,32,40H,6,17-20,22-23H2/t32-,35-/m0/s1. The zero-order valence-corrected chi connectivity index (χ0v) is 27.1. The van der Waals surface area contributed by atoms with Crippen LogP contribution in [0.4, 0.5) is 0 Å². The minimum atomic E-state index is -3.67. The summed E-state index contributed by atoms with van der Waals surface area (Å²) in [4.78, 5) is 21.7. The van der Waals surface area contributed by atoms with E-state index in [-0.39, 0.29) is 48.6 Å². The molecular formula is C35H32Cl2N2O6S. The van der Waals surface area contributed by atoms with Gasteiger partial charge in [0, 0.05) is 53.7 Å². The molecule has 0 radical (unpaired) electrons. The van der Waals surface area contributed by atoms with Crippen LogP contribution in [0, 0.1) is 0 Å². The number of aliphatic hydroxyl groups is 1. The first kappa shape index (κ1) is 32.1. The van der Waals surface area contributed by atoms with Crippen LogP contribution in [0.2, 0.25) is 10.0 Å². The normalized spacial score (nSPS) is 19.4. The van der Waals surface area contributed by atoms with Crippen molar-refractivity contribution < 1.29 is 27.8 Å². The van der Waals surface area contributed by atoms with Crippen LogP contribution >= 0.6 is 23.2 Å². The highest BCUT2D eigenvalue weighted by atomic mass is 35.5. The highest BCUT2D eigenvalue weighted by molar-refractivity contribution is 7.91. The third kappa shape index (κ3) is 6.51. The van der Waals surface area contributed by atoms with Gasteiger partial charge in [0.15, 0.2) is 21.5 Å². The Labute approximate surface area is 278 Å². The van der Waals surface area contributed by atoms with Crippen molar-refractivity contribution in [3.8, 4) is 5.75 Å². The number of nitrogens with zero attached hydrogens (tertiary/aromatic N) is 2. The Morgan fingerprint density at radius 2 is 1.67 bits per heavy atom. The molecule has 0 aliphatic carbocycles. The average Bonchev–Trinajstić information content (AvgIpc) is 3.38. The first-order chi connectivity index (χ1) is 22.2. The lowest BCUT2D eigenvalue weighted by molar-refractivity contribution is -0.139. The number of hydrogen-bond acceptors (Lipinski definition) is 7. The van der Waals surface area contributed by atoms with Crippen LogP contribution in [0.3, 0.4) is 0 Å². The van der Waals surface area contributed by atoms with E-state index in [0.717, 1.165) is 11.1 Å². The Bertz CT molecular complexity index is 1870. The molecule has 0 bridgehead atoms. The Kier molecular flexibility index (Phi) is 9.38. The number of halogens is 2. The lowest BCUT2D eigenvalue weighted by Gasteiger charge is -2.33. The highest BCUT2D eigenvalue weighted by Crippen LogP contribution is 2.47. The fourth-order valence-corrected chi connectivity index (χ4v) is 7.62. The minimum Gasteiger partial charge on any atom is -0.494 e. The predicted molar refractivity (Wildman–Crippen MR) is 177 cm³/mol.